The summed E-state index contributed by atoms with van der Waals surface area (Å²) in [5, 5.41) is 4.83. The third-order valence-corrected chi connectivity index (χ3v) is 3.25. The molecule has 0 saturated heterocycles. The molecule has 0 atom stereocenters. The van der Waals surface area contributed by atoms with Gasteiger partial charge in [-0.2, -0.15) is 5.10 Å². The second kappa shape index (κ2) is 6.68. The first-order valence-corrected chi connectivity index (χ1v) is 6.94. The monoisotopic (exact) mass is 309 g/mol. The molecule has 1 aromatic heterocycles. The number of benzene rings is 1. The highest BCUT2D eigenvalue weighted by Crippen LogP contribution is 2.24. The molecule has 0 bridgehead atoms. The Morgan fingerprint density at radius 3 is 2.80 bits per heavy atom. The number of allylic oxidation sites excluding steroid dienone is 2. The molecule has 104 valence electrons. The predicted molar refractivity (Wildman–Crippen MR) is 80.0 cm³/mol. The average Bonchev–Trinajstić information content (AvgIpc) is 2.93. The van der Waals surface area contributed by atoms with E-state index in [4.69, 9.17) is 23.2 Å². The van der Waals surface area contributed by atoms with Crippen LogP contribution in [0.3, 0.4) is 0 Å². The number of carbonyl (C=O) groups excluding carboxylic acids is 1. The van der Waals surface area contributed by atoms with Crippen LogP contribution in [0.15, 0.2) is 36.9 Å². The molecule has 0 N–H and O–H groups in total. The van der Waals surface area contributed by atoms with Gasteiger partial charge in [0.25, 0.3) is 0 Å². The topological polar surface area (TPSA) is 47.8 Å². The number of unbranched alkanes of at least 4 members (excludes halogenated alkanes) is 1. The molecule has 0 aliphatic heterocycles. The van der Waals surface area contributed by atoms with E-state index in [9.17, 15) is 4.79 Å². The van der Waals surface area contributed by atoms with Crippen LogP contribution in [0.1, 0.15) is 30.1 Å². The van der Waals surface area contributed by atoms with Crippen LogP contribution >= 0.6 is 23.2 Å². The first-order valence-electron chi connectivity index (χ1n) is 6.18. The van der Waals surface area contributed by atoms with Crippen LogP contribution in [0, 0.1) is 0 Å². The zero-order valence-electron chi connectivity index (χ0n) is 10.9. The van der Waals surface area contributed by atoms with E-state index in [0.717, 1.165) is 12.8 Å². The Labute approximate surface area is 127 Å². The van der Waals surface area contributed by atoms with E-state index in [1.807, 2.05) is 13.0 Å². The number of halogens is 2. The van der Waals surface area contributed by atoms with Gasteiger partial charge in [0.2, 0.25) is 5.78 Å². The molecule has 0 amide bonds. The summed E-state index contributed by atoms with van der Waals surface area (Å²) in [5.41, 5.74) is 0.836. The van der Waals surface area contributed by atoms with Crippen molar-refractivity contribution in [2.45, 2.75) is 19.8 Å². The van der Waals surface area contributed by atoms with Crippen molar-refractivity contribution < 1.29 is 4.79 Å². The molecule has 1 aromatic carbocycles. The number of rotatable bonds is 5. The summed E-state index contributed by atoms with van der Waals surface area (Å²) in [6.07, 6.45) is 6.41. The summed E-state index contributed by atoms with van der Waals surface area (Å²) in [6, 6.07) is 4.80. The summed E-state index contributed by atoms with van der Waals surface area (Å²) in [7, 11) is 0. The summed E-state index contributed by atoms with van der Waals surface area (Å²) < 4.78 is 1.45. The number of hydrogen-bond acceptors (Lipinski definition) is 3. The first kappa shape index (κ1) is 14.8. The number of Topliss-reactive ketones (excluding diaryl/α,β-unsaturated/α-hetero) is 1. The van der Waals surface area contributed by atoms with Crippen LogP contribution in [-0.2, 0) is 0 Å². The first-order chi connectivity index (χ1) is 9.63. The van der Waals surface area contributed by atoms with Gasteiger partial charge in [-0.3, -0.25) is 4.79 Å². The predicted octanol–water partition coefficient (Wildman–Crippen LogP) is 4.11. The molecule has 6 heteroatoms. The molecule has 0 unspecified atom stereocenters. The van der Waals surface area contributed by atoms with Crippen molar-refractivity contribution in [1.29, 1.82) is 0 Å². The van der Waals surface area contributed by atoms with E-state index < -0.39 is 0 Å². The van der Waals surface area contributed by atoms with Crippen LogP contribution in [0.25, 0.3) is 5.70 Å². The molecule has 20 heavy (non-hydrogen) atoms. The Morgan fingerprint density at radius 2 is 2.20 bits per heavy atom. The Hall–Kier alpha value is -1.65. The third-order valence-electron chi connectivity index (χ3n) is 2.70. The van der Waals surface area contributed by atoms with Crippen LogP contribution in [-0.4, -0.2) is 20.5 Å². The SMILES string of the molecule is CCCC=C(C(=O)c1ccc(Cl)cc1Cl)n1cncn1. The van der Waals surface area contributed by atoms with Crippen molar-refractivity contribution in [2.75, 3.05) is 0 Å². The molecule has 0 fully saturated rings. The number of aromatic nitrogens is 3. The standard InChI is InChI=1S/C14H13Cl2N3O/c1-2-3-4-13(19-9-17-8-18-19)14(20)11-6-5-10(15)7-12(11)16/h4-9H,2-3H2,1H3. The minimum absolute atomic E-state index is 0.203. The Bertz CT molecular complexity index is 636. The Kier molecular flexibility index (Phi) is 4.93. The number of nitrogens with zero attached hydrogens (tertiary/aromatic N) is 3. The normalized spacial score (nSPS) is 11.7. The second-order valence-corrected chi connectivity index (χ2v) is 5.02. The maximum Gasteiger partial charge on any atom is 0.212 e. The number of ketones is 1. The van der Waals surface area contributed by atoms with Crippen molar-refractivity contribution in [3.63, 3.8) is 0 Å². The molecule has 0 saturated carbocycles. The molecule has 0 radical (unpaired) electrons. The van der Waals surface area contributed by atoms with E-state index >= 15 is 0 Å². The lowest BCUT2D eigenvalue weighted by Gasteiger charge is -2.08. The fraction of sp³-hybridized carbons (Fsp3) is 0.214. The highest BCUT2D eigenvalue weighted by atomic mass is 35.5. The fourth-order valence-corrected chi connectivity index (χ4v) is 2.21. The molecule has 0 aliphatic rings. The highest BCUT2D eigenvalue weighted by Gasteiger charge is 2.17. The number of carbonyl (C=O) groups is 1. The van der Waals surface area contributed by atoms with Gasteiger partial charge in [0, 0.05) is 10.6 Å². The van der Waals surface area contributed by atoms with Crippen molar-refractivity contribution in [3.05, 3.63) is 52.5 Å². The van der Waals surface area contributed by atoms with Gasteiger partial charge in [-0.25, -0.2) is 9.67 Å². The molecular weight excluding hydrogens is 297 g/mol. The maximum atomic E-state index is 12.6. The largest absolute Gasteiger partial charge is 0.287 e. The van der Waals surface area contributed by atoms with Crippen molar-refractivity contribution in [1.82, 2.24) is 14.8 Å². The summed E-state index contributed by atoms with van der Waals surface area (Å²) in [6.45, 7) is 2.04. The van der Waals surface area contributed by atoms with E-state index in [0.29, 0.717) is 21.3 Å². The van der Waals surface area contributed by atoms with Crippen LogP contribution in [0.4, 0.5) is 0 Å². The molecule has 4 nitrogen and oxygen atoms in total. The average molecular weight is 310 g/mol. The van der Waals surface area contributed by atoms with Gasteiger partial charge in [0.1, 0.15) is 18.4 Å². The zero-order valence-corrected chi connectivity index (χ0v) is 12.4. The molecule has 1 heterocycles. The molecule has 0 spiro atoms. The lowest BCUT2D eigenvalue weighted by molar-refractivity contribution is 0.105. The zero-order chi connectivity index (χ0) is 14.5. The van der Waals surface area contributed by atoms with Gasteiger partial charge < -0.3 is 0 Å². The lowest BCUT2D eigenvalue weighted by atomic mass is 10.1. The van der Waals surface area contributed by atoms with Crippen molar-refractivity contribution in [3.8, 4) is 0 Å². The third kappa shape index (κ3) is 3.26. The van der Waals surface area contributed by atoms with E-state index in [1.165, 1.54) is 17.3 Å². The van der Waals surface area contributed by atoms with Gasteiger partial charge >= 0.3 is 0 Å². The fourth-order valence-electron chi connectivity index (χ4n) is 1.72. The van der Waals surface area contributed by atoms with Crippen molar-refractivity contribution in [2.24, 2.45) is 0 Å². The van der Waals surface area contributed by atoms with Gasteiger partial charge in [0.05, 0.1) is 5.02 Å². The van der Waals surface area contributed by atoms with Gasteiger partial charge in [-0.15, -0.1) is 0 Å². The van der Waals surface area contributed by atoms with E-state index in [1.54, 1.807) is 18.2 Å². The Balaban J connectivity index is 2.41. The van der Waals surface area contributed by atoms with Crippen molar-refractivity contribution >= 4 is 34.7 Å². The van der Waals surface area contributed by atoms with E-state index in [-0.39, 0.29) is 5.78 Å². The van der Waals surface area contributed by atoms with Gasteiger partial charge in [-0.05, 0) is 24.6 Å². The summed E-state index contributed by atoms with van der Waals surface area (Å²) >= 11 is 11.9. The smallest absolute Gasteiger partial charge is 0.212 e. The van der Waals surface area contributed by atoms with Gasteiger partial charge in [0.15, 0.2) is 0 Å². The maximum absolute atomic E-state index is 12.6. The molecule has 0 aliphatic carbocycles. The highest BCUT2D eigenvalue weighted by molar-refractivity contribution is 6.39. The van der Waals surface area contributed by atoms with Crippen LogP contribution in [0.5, 0.6) is 0 Å². The quantitative estimate of drug-likeness (QED) is 0.617. The van der Waals surface area contributed by atoms with E-state index in [2.05, 4.69) is 10.1 Å². The second-order valence-electron chi connectivity index (χ2n) is 4.17. The summed E-state index contributed by atoms with van der Waals surface area (Å²) in [5.74, 6) is -0.203. The van der Waals surface area contributed by atoms with Crippen LogP contribution < -0.4 is 0 Å². The molecule has 2 rings (SSSR count). The van der Waals surface area contributed by atoms with Crippen LogP contribution in [0.2, 0.25) is 10.0 Å². The molecule has 2 aromatic rings. The molecular formula is C14H13Cl2N3O. The summed E-state index contributed by atoms with van der Waals surface area (Å²) in [4.78, 5) is 16.5. The minimum Gasteiger partial charge on any atom is -0.287 e. The lowest BCUT2D eigenvalue weighted by Crippen LogP contribution is -2.10. The minimum atomic E-state index is -0.203. The number of hydrogen-bond donors (Lipinski definition) is 0. The Morgan fingerprint density at radius 1 is 1.40 bits per heavy atom. The van der Waals surface area contributed by atoms with Gasteiger partial charge in [-0.1, -0.05) is 42.6 Å².